The predicted molar refractivity (Wildman–Crippen MR) is 109 cm³/mol. The van der Waals surface area contributed by atoms with Crippen LogP contribution in [0.4, 0.5) is 5.82 Å². The third-order valence-electron chi connectivity index (χ3n) is 4.07. The molecule has 0 bridgehead atoms. The van der Waals surface area contributed by atoms with Gasteiger partial charge in [0.2, 0.25) is 5.91 Å². The summed E-state index contributed by atoms with van der Waals surface area (Å²) >= 11 is 3.19. The van der Waals surface area contributed by atoms with Gasteiger partial charge in [0.15, 0.2) is 5.82 Å². The Kier molecular flexibility index (Phi) is 4.74. The second-order valence-corrected chi connectivity index (χ2v) is 7.91. The van der Waals surface area contributed by atoms with E-state index in [0.717, 1.165) is 31.1 Å². The summed E-state index contributed by atoms with van der Waals surface area (Å²) in [5, 5.41) is 10.6. The third kappa shape index (κ3) is 3.49. The highest BCUT2D eigenvalue weighted by Gasteiger charge is 2.16. The number of nitrogens with two attached hydrogens (primary N) is 1. The Balaban J connectivity index is 1.74. The van der Waals surface area contributed by atoms with Crippen molar-refractivity contribution in [1.29, 1.82) is 0 Å². The van der Waals surface area contributed by atoms with E-state index in [2.05, 4.69) is 20.2 Å². The molecule has 8 heteroatoms. The average Bonchev–Trinajstić information content (AvgIpc) is 3.31. The summed E-state index contributed by atoms with van der Waals surface area (Å²) in [6.07, 6.45) is 1.51. The van der Waals surface area contributed by atoms with Crippen molar-refractivity contribution in [3.63, 3.8) is 0 Å². The van der Waals surface area contributed by atoms with Gasteiger partial charge in [-0.25, -0.2) is 9.97 Å². The molecule has 0 spiro atoms. The van der Waals surface area contributed by atoms with Crippen LogP contribution in [0.15, 0.2) is 58.3 Å². The molecular weight excluding hydrogens is 378 g/mol. The first-order chi connectivity index (χ1) is 13.1. The number of carbonyl (C=O) groups is 1. The highest BCUT2D eigenvalue weighted by Crippen LogP contribution is 2.40. The first kappa shape index (κ1) is 17.4. The molecule has 2 N–H and O–H groups in total. The van der Waals surface area contributed by atoms with E-state index >= 15 is 0 Å². The van der Waals surface area contributed by atoms with Crippen LogP contribution in [0.5, 0.6) is 0 Å². The van der Waals surface area contributed by atoms with Gasteiger partial charge in [0, 0.05) is 15.3 Å². The van der Waals surface area contributed by atoms with Gasteiger partial charge in [-0.05, 0) is 41.6 Å². The van der Waals surface area contributed by atoms with Gasteiger partial charge in [0.25, 0.3) is 0 Å². The number of nitrogens with zero attached hydrogens (tertiary/aromatic N) is 4. The molecule has 0 unspecified atom stereocenters. The van der Waals surface area contributed by atoms with E-state index in [4.69, 9.17) is 5.73 Å². The van der Waals surface area contributed by atoms with Gasteiger partial charge in [0.05, 0.1) is 12.1 Å². The Hall–Kier alpha value is -2.97. The highest BCUT2D eigenvalue weighted by atomic mass is 32.1. The lowest BCUT2D eigenvalue weighted by Crippen LogP contribution is -2.10. The van der Waals surface area contributed by atoms with Gasteiger partial charge < -0.3 is 5.73 Å². The molecule has 0 saturated heterocycles. The molecule has 0 aliphatic carbocycles. The van der Waals surface area contributed by atoms with Crippen LogP contribution in [0.25, 0.3) is 20.7 Å². The second kappa shape index (κ2) is 7.34. The first-order valence-electron chi connectivity index (χ1n) is 8.17. The van der Waals surface area contributed by atoms with E-state index in [1.807, 2.05) is 36.6 Å². The summed E-state index contributed by atoms with van der Waals surface area (Å²) in [4.78, 5) is 22.4. The number of aryl methyl sites for hydroxylation is 1. The zero-order valence-corrected chi connectivity index (χ0v) is 16.0. The molecule has 3 heterocycles. The molecule has 3 aromatic heterocycles. The van der Waals surface area contributed by atoms with E-state index in [1.165, 1.54) is 6.33 Å². The number of hydrogen-bond donors (Lipinski definition) is 1. The minimum Gasteiger partial charge on any atom is -0.366 e. The van der Waals surface area contributed by atoms with Crippen LogP contribution in [0.3, 0.4) is 0 Å². The monoisotopic (exact) mass is 393 g/mol. The number of azo groups is 1. The lowest BCUT2D eigenvalue weighted by atomic mass is 10.1. The van der Waals surface area contributed by atoms with E-state index in [0.29, 0.717) is 17.9 Å². The van der Waals surface area contributed by atoms with Gasteiger partial charge in [0.1, 0.15) is 11.0 Å². The van der Waals surface area contributed by atoms with Crippen LogP contribution in [0, 0.1) is 6.92 Å². The van der Waals surface area contributed by atoms with Crippen molar-refractivity contribution in [1.82, 2.24) is 9.97 Å². The maximum absolute atomic E-state index is 11.5. The number of hydrogen-bond acceptors (Lipinski definition) is 7. The topological polar surface area (TPSA) is 93.6 Å². The quantitative estimate of drug-likeness (QED) is 0.477. The van der Waals surface area contributed by atoms with Crippen molar-refractivity contribution in [2.45, 2.75) is 13.5 Å². The third-order valence-corrected chi connectivity index (χ3v) is 6.25. The van der Waals surface area contributed by atoms with Crippen molar-refractivity contribution in [2.75, 3.05) is 0 Å². The molecule has 0 atom stereocenters. The normalized spacial score (nSPS) is 11.4. The van der Waals surface area contributed by atoms with Crippen LogP contribution in [-0.4, -0.2) is 15.9 Å². The Morgan fingerprint density at radius 1 is 1.22 bits per heavy atom. The van der Waals surface area contributed by atoms with Crippen LogP contribution in [-0.2, 0) is 6.54 Å². The highest BCUT2D eigenvalue weighted by molar-refractivity contribution is 7.23. The lowest BCUT2D eigenvalue weighted by molar-refractivity contribution is 0.100. The van der Waals surface area contributed by atoms with E-state index < -0.39 is 5.91 Å². The molecule has 0 aliphatic heterocycles. The minimum absolute atomic E-state index is 0.446. The van der Waals surface area contributed by atoms with Crippen molar-refractivity contribution < 1.29 is 4.79 Å². The zero-order chi connectivity index (χ0) is 18.8. The molecule has 0 aliphatic rings. The molecule has 4 rings (SSSR count). The van der Waals surface area contributed by atoms with Crippen molar-refractivity contribution in [2.24, 2.45) is 16.0 Å². The number of amides is 1. The van der Waals surface area contributed by atoms with E-state index in [1.54, 1.807) is 34.8 Å². The minimum atomic E-state index is -0.446. The number of carbonyl (C=O) groups excluding carboxylic acids is 1. The summed E-state index contributed by atoms with van der Waals surface area (Å²) < 4.78 is 0.879. The SMILES string of the molecule is Cc1c(-c2cccc(C(N)=O)c2)sc2c(N=NCc3cccs3)ncnc12. The molecule has 134 valence electrons. The number of thiophene rings is 2. The maximum atomic E-state index is 11.5. The molecule has 27 heavy (non-hydrogen) atoms. The van der Waals surface area contributed by atoms with Gasteiger partial charge in [-0.2, -0.15) is 5.11 Å². The molecule has 4 aromatic rings. The summed E-state index contributed by atoms with van der Waals surface area (Å²) in [6.45, 7) is 2.53. The fourth-order valence-corrected chi connectivity index (χ4v) is 4.55. The molecular formula is C19H15N5OS2. The van der Waals surface area contributed by atoms with Crippen LogP contribution < -0.4 is 5.73 Å². The average molecular weight is 393 g/mol. The fourth-order valence-electron chi connectivity index (χ4n) is 2.75. The standard InChI is InChI=1S/C19H15N5OS2/c1-11-15-17(27-16(11)12-4-2-5-13(8-12)18(20)25)19(22-10-21-15)24-23-9-14-6-3-7-26-14/h2-8,10H,9H2,1H3,(H2,20,25). The molecule has 0 saturated carbocycles. The van der Waals surface area contributed by atoms with Gasteiger partial charge in [-0.15, -0.1) is 27.8 Å². The second-order valence-electron chi connectivity index (χ2n) is 5.86. The molecule has 0 radical (unpaired) electrons. The van der Waals surface area contributed by atoms with Crippen LogP contribution in [0.1, 0.15) is 20.8 Å². The number of rotatable bonds is 5. The maximum Gasteiger partial charge on any atom is 0.248 e. The number of primary amides is 1. The lowest BCUT2D eigenvalue weighted by Gasteiger charge is -2.01. The predicted octanol–water partition coefficient (Wildman–Crippen LogP) is 5.11. The van der Waals surface area contributed by atoms with E-state index in [-0.39, 0.29) is 0 Å². The number of aromatic nitrogens is 2. The van der Waals surface area contributed by atoms with Crippen LogP contribution in [0.2, 0.25) is 0 Å². The molecule has 1 amide bonds. The van der Waals surface area contributed by atoms with Gasteiger partial charge in [-0.1, -0.05) is 18.2 Å². The van der Waals surface area contributed by atoms with Crippen molar-refractivity contribution >= 4 is 44.6 Å². The Labute approximate surface area is 163 Å². The smallest absolute Gasteiger partial charge is 0.248 e. The summed E-state index contributed by atoms with van der Waals surface area (Å²) in [6, 6.07) is 11.3. The summed E-state index contributed by atoms with van der Waals surface area (Å²) in [7, 11) is 0. The van der Waals surface area contributed by atoms with Crippen molar-refractivity contribution in [3.8, 4) is 10.4 Å². The van der Waals surface area contributed by atoms with E-state index in [9.17, 15) is 4.79 Å². The number of fused-ring (bicyclic) bond motifs is 1. The molecule has 0 fully saturated rings. The van der Waals surface area contributed by atoms with Gasteiger partial charge >= 0.3 is 0 Å². The molecule has 1 aromatic carbocycles. The fraction of sp³-hybridized carbons (Fsp3) is 0.105. The Morgan fingerprint density at radius 3 is 2.89 bits per heavy atom. The molecule has 6 nitrogen and oxygen atoms in total. The van der Waals surface area contributed by atoms with Gasteiger partial charge in [-0.3, -0.25) is 4.79 Å². The summed E-state index contributed by atoms with van der Waals surface area (Å²) in [5.41, 5.74) is 8.68. The Morgan fingerprint density at radius 2 is 2.11 bits per heavy atom. The largest absolute Gasteiger partial charge is 0.366 e. The van der Waals surface area contributed by atoms with Crippen molar-refractivity contribution in [3.05, 3.63) is 64.1 Å². The zero-order valence-electron chi connectivity index (χ0n) is 14.4. The summed E-state index contributed by atoms with van der Waals surface area (Å²) in [5.74, 6) is 0.112. The van der Waals surface area contributed by atoms with Crippen LogP contribution >= 0.6 is 22.7 Å². The first-order valence-corrected chi connectivity index (χ1v) is 9.87. The Bertz CT molecular complexity index is 1150. The number of benzene rings is 1.